The minimum Gasteiger partial charge on any atom is -0.464 e. The Morgan fingerprint density at radius 3 is 2.74 bits per heavy atom. The van der Waals surface area contributed by atoms with Crippen molar-refractivity contribution in [3.05, 3.63) is 62.5 Å². The lowest BCUT2D eigenvalue weighted by Gasteiger charge is -2.12. The minimum absolute atomic E-state index is 0.222. The van der Waals surface area contributed by atoms with E-state index in [2.05, 4.69) is 15.3 Å². The number of carbonyl (C=O) groups is 1. The van der Waals surface area contributed by atoms with Crippen LogP contribution in [0.3, 0.4) is 0 Å². The number of carbonyl (C=O) groups excluding carboxylic acids is 1. The highest BCUT2D eigenvalue weighted by molar-refractivity contribution is 7.71. The van der Waals surface area contributed by atoms with Crippen LogP contribution in [0, 0.1) is 11.7 Å². The summed E-state index contributed by atoms with van der Waals surface area (Å²) in [5.74, 6) is 1.22. The number of rotatable bonds is 3. The minimum atomic E-state index is -0.282. The van der Waals surface area contributed by atoms with Crippen molar-refractivity contribution in [2.45, 2.75) is 19.9 Å². The van der Waals surface area contributed by atoms with Crippen LogP contribution in [-0.2, 0) is 0 Å². The summed E-state index contributed by atoms with van der Waals surface area (Å²) in [6.45, 7) is 3.69. The molecule has 118 valence electrons. The van der Waals surface area contributed by atoms with E-state index in [-0.39, 0.29) is 22.3 Å². The molecular formula is C16H15N3O3S. The first kappa shape index (κ1) is 15.2. The number of furan rings is 1. The third-order valence-corrected chi connectivity index (χ3v) is 3.74. The maximum atomic E-state index is 12.4. The lowest BCUT2D eigenvalue weighted by Crippen LogP contribution is -2.26. The van der Waals surface area contributed by atoms with Gasteiger partial charge in [-0.1, -0.05) is 0 Å². The van der Waals surface area contributed by atoms with Crippen LogP contribution in [-0.4, -0.2) is 15.9 Å². The largest absolute Gasteiger partial charge is 0.464 e. The Hall–Kier alpha value is -2.67. The predicted molar refractivity (Wildman–Crippen MR) is 89.1 cm³/mol. The molecule has 0 saturated heterocycles. The Bertz CT molecular complexity index is 999. The fourth-order valence-corrected chi connectivity index (χ4v) is 2.55. The van der Waals surface area contributed by atoms with E-state index in [9.17, 15) is 9.59 Å². The molecule has 23 heavy (non-hydrogen) atoms. The van der Waals surface area contributed by atoms with E-state index in [4.69, 9.17) is 16.6 Å². The van der Waals surface area contributed by atoms with Crippen molar-refractivity contribution in [1.29, 1.82) is 0 Å². The molecular weight excluding hydrogens is 314 g/mol. The highest BCUT2D eigenvalue weighted by Gasteiger charge is 2.15. The Labute approximate surface area is 136 Å². The number of aryl methyl sites for hydroxylation is 1. The van der Waals surface area contributed by atoms with Crippen molar-refractivity contribution in [1.82, 2.24) is 15.3 Å². The molecule has 7 heteroatoms. The van der Waals surface area contributed by atoms with Gasteiger partial charge >= 0.3 is 0 Å². The van der Waals surface area contributed by atoms with Crippen LogP contribution >= 0.6 is 12.2 Å². The molecule has 3 aromatic rings. The maximum Gasteiger partial charge on any atom is 0.259 e. The summed E-state index contributed by atoms with van der Waals surface area (Å²) in [5, 5.41) is 3.31. The fourth-order valence-electron chi connectivity index (χ4n) is 2.35. The number of nitrogens with one attached hydrogen (secondary N) is 3. The Morgan fingerprint density at radius 2 is 2.04 bits per heavy atom. The highest BCUT2D eigenvalue weighted by Crippen LogP contribution is 2.17. The van der Waals surface area contributed by atoms with E-state index in [1.165, 1.54) is 0 Å². The van der Waals surface area contributed by atoms with E-state index in [0.717, 1.165) is 5.76 Å². The van der Waals surface area contributed by atoms with Gasteiger partial charge < -0.3 is 14.7 Å². The van der Waals surface area contributed by atoms with Crippen LogP contribution in [0.15, 0.2) is 39.5 Å². The summed E-state index contributed by atoms with van der Waals surface area (Å²) >= 11 is 4.95. The van der Waals surface area contributed by atoms with Crippen molar-refractivity contribution >= 4 is 29.0 Å². The molecule has 0 spiro atoms. The second-order valence-electron chi connectivity index (χ2n) is 5.31. The topological polar surface area (TPSA) is 90.9 Å². The van der Waals surface area contributed by atoms with Crippen LogP contribution in [0.25, 0.3) is 10.9 Å². The third kappa shape index (κ3) is 3.09. The van der Waals surface area contributed by atoms with Crippen LogP contribution in [0.4, 0.5) is 0 Å². The molecule has 2 heterocycles. The second kappa shape index (κ2) is 5.85. The highest BCUT2D eigenvalue weighted by atomic mass is 32.1. The van der Waals surface area contributed by atoms with Crippen LogP contribution in [0.2, 0.25) is 0 Å². The van der Waals surface area contributed by atoms with Crippen molar-refractivity contribution in [3.63, 3.8) is 0 Å². The van der Waals surface area contributed by atoms with E-state index in [1.54, 1.807) is 18.2 Å². The van der Waals surface area contributed by atoms with Crippen molar-refractivity contribution in [2.24, 2.45) is 0 Å². The molecule has 0 aliphatic heterocycles. The Kier molecular flexibility index (Phi) is 3.87. The summed E-state index contributed by atoms with van der Waals surface area (Å²) in [6, 6.07) is 8.22. The molecule has 3 N–H and O–H groups in total. The lowest BCUT2D eigenvalue weighted by molar-refractivity contribution is 0.0935. The van der Waals surface area contributed by atoms with Crippen molar-refractivity contribution in [3.8, 4) is 0 Å². The number of fused-ring (bicyclic) bond motifs is 1. The molecule has 0 aliphatic rings. The van der Waals surface area contributed by atoms with Crippen LogP contribution in [0.5, 0.6) is 0 Å². The first-order chi connectivity index (χ1) is 10.9. The summed E-state index contributed by atoms with van der Waals surface area (Å²) in [4.78, 5) is 29.5. The van der Waals surface area contributed by atoms with Crippen molar-refractivity contribution < 1.29 is 9.21 Å². The van der Waals surface area contributed by atoms with Gasteiger partial charge in [-0.15, -0.1) is 0 Å². The molecule has 1 amide bonds. The monoisotopic (exact) mass is 329 g/mol. The molecule has 3 rings (SSSR count). The maximum absolute atomic E-state index is 12.4. The molecule has 0 bridgehead atoms. The first-order valence-corrected chi connectivity index (χ1v) is 7.48. The lowest BCUT2D eigenvalue weighted by atomic mass is 10.1. The van der Waals surface area contributed by atoms with Crippen molar-refractivity contribution in [2.75, 3.05) is 0 Å². The van der Waals surface area contributed by atoms with Gasteiger partial charge in [0.15, 0.2) is 4.77 Å². The summed E-state index contributed by atoms with van der Waals surface area (Å²) in [6.07, 6.45) is 0. The summed E-state index contributed by atoms with van der Waals surface area (Å²) < 4.78 is 5.73. The first-order valence-electron chi connectivity index (χ1n) is 7.07. The van der Waals surface area contributed by atoms with Crippen LogP contribution in [0.1, 0.15) is 34.8 Å². The zero-order valence-electron chi connectivity index (χ0n) is 12.6. The quantitative estimate of drug-likeness (QED) is 0.644. The number of aromatic nitrogens is 2. The average Bonchev–Trinajstić information content (AvgIpc) is 2.93. The Balaban J connectivity index is 1.89. The zero-order valence-corrected chi connectivity index (χ0v) is 13.4. The SMILES string of the molecule is Cc1ccc([C@@H](C)NC(=O)c2ccc3c(=O)[nH]c(=S)[nH]c3c2)o1. The molecule has 1 aromatic carbocycles. The van der Waals surface area contributed by atoms with Gasteiger partial charge in [-0.05, 0) is 56.4 Å². The number of H-pyrrole nitrogens is 2. The van der Waals surface area contributed by atoms with E-state index < -0.39 is 0 Å². The molecule has 6 nitrogen and oxygen atoms in total. The van der Waals surface area contributed by atoms with Gasteiger partial charge in [0.2, 0.25) is 0 Å². The van der Waals surface area contributed by atoms with Gasteiger partial charge in [0.25, 0.3) is 11.5 Å². The molecule has 0 saturated carbocycles. The second-order valence-corrected chi connectivity index (χ2v) is 5.72. The smallest absolute Gasteiger partial charge is 0.259 e. The zero-order chi connectivity index (χ0) is 16.6. The number of hydrogen-bond donors (Lipinski definition) is 3. The standard InChI is InChI=1S/C16H15N3O3S/c1-8-3-6-13(22-8)9(2)17-14(20)10-4-5-11-12(7-10)18-16(23)19-15(11)21/h3-7,9H,1-2H3,(H,17,20)(H2,18,19,21,23)/t9-/m1/s1. The average molecular weight is 329 g/mol. The van der Waals surface area contributed by atoms with Gasteiger partial charge in [0.05, 0.1) is 16.9 Å². The number of aromatic amines is 2. The van der Waals surface area contributed by atoms with Gasteiger partial charge in [-0.2, -0.15) is 0 Å². The van der Waals surface area contributed by atoms with E-state index in [0.29, 0.717) is 22.2 Å². The van der Waals surface area contributed by atoms with Crippen LogP contribution < -0.4 is 10.9 Å². The summed E-state index contributed by atoms with van der Waals surface area (Å²) in [7, 11) is 0. The van der Waals surface area contributed by atoms with Gasteiger partial charge in [-0.25, -0.2) is 0 Å². The predicted octanol–water partition coefficient (Wildman–Crippen LogP) is 2.98. The van der Waals surface area contributed by atoms with Gasteiger partial charge in [0.1, 0.15) is 11.5 Å². The number of hydrogen-bond acceptors (Lipinski definition) is 4. The van der Waals surface area contributed by atoms with Gasteiger partial charge in [0, 0.05) is 5.56 Å². The third-order valence-electron chi connectivity index (χ3n) is 3.54. The Morgan fingerprint density at radius 1 is 1.26 bits per heavy atom. The number of amides is 1. The van der Waals surface area contributed by atoms with E-state index in [1.807, 2.05) is 26.0 Å². The molecule has 0 fully saturated rings. The normalized spacial score (nSPS) is 12.3. The molecule has 2 aromatic heterocycles. The van der Waals surface area contributed by atoms with E-state index >= 15 is 0 Å². The molecule has 0 aliphatic carbocycles. The summed E-state index contributed by atoms with van der Waals surface area (Å²) in [5.41, 5.74) is 0.673. The van der Waals surface area contributed by atoms with Gasteiger partial charge in [-0.3, -0.25) is 14.6 Å². The molecule has 0 unspecified atom stereocenters. The fraction of sp³-hybridized carbons (Fsp3) is 0.188. The molecule has 1 atom stereocenters. The number of benzene rings is 1. The molecule has 0 radical (unpaired) electrons.